The van der Waals surface area contributed by atoms with E-state index in [0.717, 1.165) is 34.4 Å². The minimum atomic E-state index is -0.279. The Labute approximate surface area is 213 Å². The van der Waals surface area contributed by atoms with Crippen LogP contribution in [0.1, 0.15) is 35.0 Å². The van der Waals surface area contributed by atoms with Crippen LogP contribution in [0.3, 0.4) is 0 Å². The second kappa shape index (κ2) is 10.4. The number of aryl methyl sites for hydroxylation is 1. The van der Waals surface area contributed by atoms with Gasteiger partial charge < -0.3 is 19.4 Å². The highest BCUT2D eigenvalue weighted by molar-refractivity contribution is 7.20. The van der Waals surface area contributed by atoms with E-state index < -0.39 is 0 Å². The Morgan fingerprint density at radius 1 is 1.11 bits per heavy atom. The normalized spacial score (nSPS) is 18.5. The van der Waals surface area contributed by atoms with Crippen molar-refractivity contribution in [1.82, 2.24) is 14.9 Å². The number of piperazine rings is 1. The van der Waals surface area contributed by atoms with Crippen molar-refractivity contribution in [2.24, 2.45) is 5.92 Å². The number of para-hydroxylation sites is 1. The van der Waals surface area contributed by atoms with Crippen molar-refractivity contribution in [3.63, 3.8) is 0 Å². The predicted octanol–water partition coefficient (Wildman–Crippen LogP) is 3.88. The quantitative estimate of drug-likeness (QED) is 0.481. The van der Waals surface area contributed by atoms with Crippen LogP contribution in [0, 0.1) is 18.7 Å². The Balaban J connectivity index is 1.36. The zero-order chi connectivity index (χ0) is 25.2. The molecule has 2 aromatic heterocycles. The summed E-state index contributed by atoms with van der Waals surface area (Å²) in [4.78, 5) is 42.2. The highest BCUT2D eigenvalue weighted by atomic mass is 32.1. The largest absolute Gasteiger partial charge is 0.466 e. The van der Waals surface area contributed by atoms with Crippen molar-refractivity contribution in [3.8, 4) is 0 Å². The van der Waals surface area contributed by atoms with E-state index in [1.54, 1.807) is 24.2 Å². The van der Waals surface area contributed by atoms with Crippen molar-refractivity contribution in [1.29, 1.82) is 0 Å². The van der Waals surface area contributed by atoms with E-state index in [9.17, 15) is 14.0 Å². The Bertz CT molecular complexity index is 1270. The van der Waals surface area contributed by atoms with Gasteiger partial charge in [0.05, 0.1) is 28.5 Å². The number of carbonyl (C=O) groups is 2. The van der Waals surface area contributed by atoms with Crippen LogP contribution in [0.5, 0.6) is 0 Å². The smallest absolute Gasteiger partial charge is 0.310 e. The molecule has 2 fully saturated rings. The van der Waals surface area contributed by atoms with E-state index in [1.807, 2.05) is 19.1 Å². The maximum Gasteiger partial charge on any atom is 0.310 e. The number of likely N-dealkylation sites (tertiary alicyclic amines) is 1. The summed E-state index contributed by atoms with van der Waals surface area (Å²) in [5.74, 6) is 0.0168. The Kier molecular flexibility index (Phi) is 7.04. The summed E-state index contributed by atoms with van der Waals surface area (Å²) >= 11 is 1.38. The molecule has 0 radical (unpaired) electrons. The molecule has 1 atom stereocenters. The number of anilines is 2. The molecule has 36 heavy (non-hydrogen) atoms. The summed E-state index contributed by atoms with van der Waals surface area (Å²) in [6, 6.07) is 6.84. The first-order valence-electron chi connectivity index (χ1n) is 12.4. The lowest BCUT2D eigenvalue weighted by molar-refractivity contribution is -0.149. The number of carbonyl (C=O) groups excluding carboxylic acids is 2. The molecule has 1 aromatic carbocycles. The monoisotopic (exact) mass is 511 g/mol. The number of benzene rings is 1. The molecule has 0 bridgehead atoms. The van der Waals surface area contributed by atoms with Crippen molar-refractivity contribution >= 4 is 44.9 Å². The highest BCUT2D eigenvalue weighted by Gasteiger charge is 2.32. The Hall–Kier alpha value is -3.27. The molecule has 0 saturated carbocycles. The third-order valence-corrected chi connectivity index (χ3v) is 8.19. The number of ether oxygens (including phenoxy) is 1. The van der Waals surface area contributed by atoms with E-state index in [0.29, 0.717) is 56.4 Å². The molecule has 10 heteroatoms. The molecule has 5 rings (SSSR count). The number of nitrogens with zero attached hydrogens (tertiary/aromatic N) is 5. The number of hydrogen-bond acceptors (Lipinski definition) is 8. The molecule has 2 saturated heterocycles. The van der Waals surface area contributed by atoms with Crippen molar-refractivity contribution < 1.29 is 18.7 Å². The first-order valence-corrected chi connectivity index (χ1v) is 13.2. The number of esters is 1. The maximum atomic E-state index is 14.3. The molecule has 3 aromatic rings. The highest BCUT2D eigenvalue weighted by Crippen LogP contribution is 2.36. The zero-order valence-electron chi connectivity index (χ0n) is 20.6. The fourth-order valence-corrected chi connectivity index (χ4v) is 6.23. The molecule has 8 nitrogen and oxygen atoms in total. The van der Waals surface area contributed by atoms with Crippen LogP contribution in [0.4, 0.5) is 15.9 Å². The molecule has 4 heterocycles. The standard InChI is InChI=1S/C26H30FN5O3S/c1-3-35-26(34)18-7-6-10-32(15-18)25(33)22-17(2)21-23(28-16-29-24(21)36-22)31-13-11-30(12-14-31)20-9-5-4-8-19(20)27/h4-5,8-9,16,18H,3,6-7,10-15H2,1-2H3/t18-/m1/s1. The van der Waals surface area contributed by atoms with Gasteiger partial charge in [-0.05, 0) is 44.4 Å². The topological polar surface area (TPSA) is 78.9 Å². The van der Waals surface area contributed by atoms with E-state index >= 15 is 0 Å². The molecule has 1 amide bonds. The van der Waals surface area contributed by atoms with Crippen LogP contribution in [0.15, 0.2) is 30.6 Å². The number of fused-ring (bicyclic) bond motifs is 1. The summed E-state index contributed by atoms with van der Waals surface area (Å²) in [5.41, 5.74) is 1.48. The molecule has 0 N–H and O–H groups in total. The van der Waals surface area contributed by atoms with Gasteiger partial charge in [-0.3, -0.25) is 9.59 Å². The van der Waals surface area contributed by atoms with Gasteiger partial charge in [0.1, 0.15) is 22.8 Å². The van der Waals surface area contributed by atoms with E-state index in [-0.39, 0.29) is 23.6 Å². The first kappa shape index (κ1) is 24.4. The lowest BCUT2D eigenvalue weighted by Crippen LogP contribution is -2.47. The van der Waals surface area contributed by atoms with Crippen molar-refractivity contribution in [2.45, 2.75) is 26.7 Å². The first-order chi connectivity index (χ1) is 17.5. The van der Waals surface area contributed by atoms with Gasteiger partial charge in [0.25, 0.3) is 5.91 Å². The lowest BCUT2D eigenvalue weighted by atomic mass is 9.98. The average molecular weight is 512 g/mol. The fraction of sp³-hybridized carbons (Fsp3) is 0.462. The Morgan fingerprint density at radius 3 is 2.61 bits per heavy atom. The van der Waals surface area contributed by atoms with E-state index in [2.05, 4.69) is 19.8 Å². The summed E-state index contributed by atoms with van der Waals surface area (Å²) in [6.45, 7) is 7.80. The second-order valence-corrected chi connectivity index (χ2v) is 10.2. The minimum absolute atomic E-state index is 0.0696. The lowest BCUT2D eigenvalue weighted by Gasteiger charge is -2.37. The maximum absolute atomic E-state index is 14.3. The molecular formula is C26H30FN5O3S. The summed E-state index contributed by atoms with van der Waals surface area (Å²) in [6.07, 6.45) is 3.06. The van der Waals surface area contributed by atoms with Crippen LogP contribution in [0.25, 0.3) is 10.2 Å². The van der Waals surface area contributed by atoms with Crippen molar-refractivity contribution in [3.05, 3.63) is 46.9 Å². The van der Waals surface area contributed by atoms with Gasteiger partial charge in [0.2, 0.25) is 0 Å². The molecule has 0 spiro atoms. The van der Waals surface area contributed by atoms with E-state index in [4.69, 9.17) is 4.74 Å². The van der Waals surface area contributed by atoms with Gasteiger partial charge in [0.15, 0.2) is 0 Å². The number of piperidine rings is 1. The molecule has 2 aliphatic rings. The van der Waals surface area contributed by atoms with Crippen LogP contribution >= 0.6 is 11.3 Å². The van der Waals surface area contributed by atoms with Crippen LogP contribution < -0.4 is 9.80 Å². The average Bonchev–Trinajstić information content (AvgIpc) is 3.25. The van der Waals surface area contributed by atoms with Crippen molar-refractivity contribution in [2.75, 3.05) is 55.7 Å². The molecule has 190 valence electrons. The van der Waals surface area contributed by atoms with Gasteiger partial charge in [-0.1, -0.05) is 12.1 Å². The molecule has 2 aliphatic heterocycles. The van der Waals surface area contributed by atoms with Gasteiger partial charge in [0, 0.05) is 39.3 Å². The molecular weight excluding hydrogens is 481 g/mol. The fourth-order valence-electron chi connectivity index (χ4n) is 5.12. The number of aromatic nitrogens is 2. The number of halogens is 1. The van der Waals surface area contributed by atoms with Gasteiger partial charge in [-0.15, -0.1) is 11.3 Å². The zero-order valence-corrected chi connectivity index (χ0v) is 21.4. The van der Waals surface area contributed by atoms with Crippen LogP contribution in [-0.2, 0) is 9.53 Å². The Morgan fingerprint density at radius 2 is 1.86 bits per heavy atom. The van der Waals surface area contributed by atoms with Gasteiger partial charge in [-0.25, -0.2) is 14.4 Å². The number of hydrogen-bond donors (Lipinski definition) is 0. The molecule has 0 unspecified atom stereocenters. The van der Waals surface area contributed by atoms with Gasteiger partial charge >= 0.3 is 5.97 Å². The van der Waals surface area contributed by atoms with E-state index in [1.165, 1.54) is 17.4 Å². The number of amides is 1. The van der Waals surface area contributed by atoms with Gasteiger partial charge in [-0.2, -0.15) is 0 Å². The number of thiophene rings is 1. The summed E-state index contributed by atoms with van der Waals surface area (Å²) in [7, 11) is 0. The SMILES string of the molecule is CCOC(=O)[C@@H]1CCCN(C(=O)c2sc3ncnc(N4CCN(c5ccccc5F)CC4)c3c2C)C1. The minimum Gasteiger partial charge on any atom is -0.466 e. The van der Waals surface area contributed by atoms with Crippen LogP contribution in [-0.4, -0.2) is 72.6 Å². The number of rotatable bonds is 5. The third-order valence-electron chi connectivity index (χ3n) is 7.00. The third kappa shape index (κ3) is 4.61. The summed E-state index contributed by atoms with van der Waals surface area (Å²) < 4.78 is 19.4. The summed E-state index contributed by atoms with van der Waals surface area (Å²) in [5, 5.41) is 0.893. The van der Waals surface area contributed by atoms with Crippen LogP contribution in [0.2, 0.25) is 0 Å². The predicted molar refractivity (Wildman–Crippen MR) is 138 cm³/mol. The second-order valence-electron chi connectivity index (χ2n) is 9.20. The molecule has 0 aliphatic carbocycles.